The number of pyridine rings is 1. The van der Waals surface area contributed by atoms with Gasteiger partial charge in [0.25, 0.3) is 0 Å². The van der Waals surface area contributed by atoms with Crippen molar-refractivity contribution in [3.8, 4) is 0 Å². The minimum atomic E-state index is 0.121. The largest absolute Gasteiger partial charge is 0.395 e. The van der Waals surface area contributed by atoms with Gasteiger partial charge in [-0.05, 0) is 24.6 Å². The maximum atomic E-state index is 8.80. The summed E-state index contributed by atoms with van der Waals surface area (Å²) in [4.78, 5) is 6.11. The van der Waals surface area contributed by atoms with Gasteiger partial charge >= 0.3 is 0 Å². The predicted molar refractivity (Wildman–Crippen MR) is 57.3 cm³/mol. The molecular formula is C9H14N2OS. The first-order chi connectivity index (χ1) is 6.27. The minimum Gasteiger partial charge on any atom is -0.395 e. The smallest absolute Gasteiger partial charge is 0.129 e. The summed E-state index contributed by atoms with van der Waals surface area (Å²) < 4.78 is 0. The Hall–Kier alpha value is -0.740. The Morgan fingerprint density at radius 3 is 2.92 bits per heavy atom. The van der Waals surface area contributed by atoms with Crippen LogP contribution in [0.25, 0.3) is 0 Å². The maximum absolute atomic E-state index is 8.80. The number of aliphatic hydroxyl groups is 1. The first kappa shape index (κ1) is 10.3. The van der Waals surface area contributed by atoms with Crippen molar-refractivity contribution < 1.29 is 5.11 Å². The zero-order valence-electron chi connectivity index (χ0n) is 7.64. The molecule has 1 rings (SSSR count). The fourth-order valence-corrected chi connectivity index (χ4v) is 1.36. The molecule has 0 bridgehead atoms. The lowest BCUT2D eigenvalue weighted by molar-refractivity contribution is 0.303. The number of aliphatic hydroxyl groups excluding tert-OH is 1. The van der Waals surface area contributed by atoms with Crippen molar-refractivity contribution in [1.82, 2.24) is 4.98 Å². The van der Waals surface area contributed by atoms with Crippen LogP contribution in [-0.2, 0) is 0 Å². The third kappa shape index (κ3) is 2.90. The first-order valence-electron chi connectivity index (χ1n) is 4.17. The quantitative estimate of drug-likeness (QED) is 0.561. The highest BCUT2D eigenvalue weighted by Crippen LogP contribution is 2.11. The summed E-state index contributed by atoms with van der Waals surface area (Å²) in [7, 11) is 0. The van der Waals surface area contributed by atoms with Crippen LogP contribution in [0.1, 0.15) is 5.56 Å². The van der Waals surface area contributed by atoms with Crippen molar-refractivity contribution in [2.24, 2.45) is 0 Å². The Labute approximate surface area is 83.8 Å². The van der Waals surface area contributed by atoms with Crippen LogP contribution in [0.15, 0.2) is 18.3 Å². The number of aromatic nitrogens is 1. The number of hydrogen-bond donors (Lipinski definition) is 2. The second-order valence-corrected chi connectivity index (χ2v) is 3.10. The molecule has 0 aliphatic carbocycles. The molecule has 0 aromatic carbocycles. The average molecular weight is 198 g/mol. The van der Waals surface area contributed by atoms with Crippen LogP contribution < -0.4 is 4.90 Å². The lowest BCUT2D eigenvalue weighted by atomic mass is 10.3. The third-order valence-corrected chi connectivity index (χ3v) is 2.11. The van der Waals surface area contributed by atoms with Crippen LogP contribution in [0.5, 0.6) is 0 Å². The topological polar surface area (TPSA) is 36.4 Å². The molecule has 0 atom stereocenters. The summed E-state index contributed by atoms with van der Waals surface area (Å²) in [5.41, 5.74) is 1.16. The number of aryl methyl sites for hydroxylation is 1. The molecule has 72 valence electrons. The molecule has 0 fully saturated rings. The zero-order valence-corrected chi connectivity index (χ0v) is 8.54. The van der Waals surface area contributed by atoms with Crippen LogP contribution in [-0.4, -0.2) is 29.1 Å². The van der Waals surface area contributed by atoms with Gasteiger partial charge in [-0.15, -0.1) is 0 Å². The Bertz CT molecular complexity index is 268. The molecule has 0 spiro atoms. The Morgan fingerprint density at radius 1 is 1.62 bits per heavy atom. The van der Waals surface area contributed by atoms with Gasteiger partial charge < -0.3 is 10.0 Å². The standard InChI is InChI=1S/C9H14N2OS/c1-8-2-3-10-9(6-8)11(7-13)4-5-12/h2-3,6,12-13H,4-5,7H2,1H3. The number of anilines is 1. The van der Waals surface area contributed by atoms with Gasteiger partial charge in [0.1, 0.15) is 5.82 Å². The SMILES string of the molecule is Cc1ccnc(N(CS)CCO)c1. The molecule has 0 amide bonds. The molecule has 3 nitrogen and oxygen atoms in total. The molecule has 0 unspecified atom stereocenters. The lowest BCUT2D eigenvalue weighted by Gasteiger charge is -2.20. The van der Waals surface area contributed by atoms with E-state index in [1.807, 2.05) is 24.0 Å². The van der Waals surface area contributed by atoms with E-state index in [9.17, 15) is 0 Å². The van der Waals surface area contributed by atoms with Crippen molar-refractivity contribution >= 4 is 18.4 Å². The van der Waals surface area contributed by atoms with Crippen molar-refractivity contribution in [1.29, 1.82) is 0 Å². The van der Waals surface area contributed by atoms with Gasteiger partial charge in [-0.2, -0.15) is 12.6 Å². The molecule has 0 aliphatic rings. The monoisotopic (exact) mass is 198 g/mol. The normalized spacial score (nSPS) is 10.1. The van der Waals surface area contributed by atoms with Gasteiger partial charge in [0.2, 0.25) is 0 Å². The van der Waals surface area contributed by atoms with Gasteiger partial charge in [-0.3, -0.25) is 0 Å². The van der Waals surface area contributed by atoms with Crippen LogP contribution in [0, 0.1) is 6.92 Å². The third-order valence-electron chi connectivity index (χ3n) is 1.77. The summed E-state index contributed by atoms with van der Waals surface area (Å²) in [5, 5.41) is 8.80. The van der Waals surface area contributed by atoms with E-state index in [2.05, 4.69) is 17.6 Å². The van der Waals surface area contributed by atoms with Crippen LogP contribution in [0.4, 0.5) is 5.82 Å². The molecule has 0 radical (unpaired) electrons. The molecule has 4 heteroatoms. The fourth-order valence-electron chi connectivity index (χ4n) is 1.07. The molecule has 1 aromatic rings. The second kappa shape index (κ2) is 5.09. The average Bonchev–Trinajstić information content (AvgIpc) is 2.14. The van der Waals surface area contributed by atoms with E-state index in [1.54, 1.807) is 6.20 Å². The summed E-state index contributed by atoms with van der Waals surface area (Å²) in [5.74, 6) is 1.43. The summed E-state index contributed by atoms with van der Waals surface area (Å²) in [6.07, 6.45) is 1.76. The fraction of sp³-hybridized carbons (Fsp3) is 0.444. The highest BCUT2D eigenvalue weighted by molar-refractivity contribution is 7.80. The van der Waals surface area contributed by atoms with E-state index in [-0.39, 0.29) is 6.61 Å². The van der Waals surface area contributed by atoms with E-state index in [0.717, 1.165) is 11.4 Å². The highest BCUT2D eigenvalue weighted by Gasteiger charge is 2.04. The highest BCUT2D eigenvalue weighted by atomic mass is 32.1. The van der Waals surface area contributed by atoms with E-state index in [0.29, 0.717) is 12.4 Å². The Morgan fingerprint density at radius 2 is 2.38 bits per heavy atom. The molecule has 0 aliphatic heterocycles. The molecule has 13 heavy (non-hydrogen) atoms. The predicted octanol–water partition coefficient (Wildman–Crippen LogP) is 1.08. The van der Waals surface area contributed by atoms with Crippen LogP contribution >= 0.6 is 12.6 Å². The minimum absolute atomic E-state index is 0.121. The second-order valence-electron chi connectivity index (χ2n) is 2.82. The zero-order chi connectivity index (χ0) is 9.68. The first-order valence-corrected chi connectivity index (χ1v) is 4.80. The molecule has 1 N–H and O–H groups in total. The number of rotatable bonds is 4. The molecule has 1 heterocycles. The van der Waals surface area contributed by atoms with Crippen molar-refractivity contribution in [3.63, 3.8) is 0 Å². The van der Waals surface area contributed by atoms with E-state index in [4.69, 9.17) is 5.11 Å². The van der Waals surface area contributed by atoms with Gasteiger partial charge in [0.05, 0.1) is 12.5 Å². The molecule has 1 aromatic heterocycles. The lowest BCUT2D eigenvalue weighted by Crippen LogP contribution is -2.25. The Balaban J connectivity index is 2.78. The summed E-state index contributed by atoms with van der Waals surface area (Å²) in [6.45, 7) is 2.71. The summed E-state index contributed by atoms with van der Waals surface area (Å²) in [6, 6.07) is 3.92. The van der Waals surface area contributed by atoms with Crippen LogP contribution in [0.3, 0.4) is 0 Å². The van der Waals surface area contributed by atoms with Gasteiger partial charge in [0.15, 0.2) is 0 Å². The van der Waals surface area contributed by atoms with Crippen LogP contribution in [0.2, 0.25) is 0 Å². The number of thiol groups is 1. The van der Waals surface area contributed by atoms with Gasteiger partial charge in [0, 0.05) is 12.7 Å². The Kier molecular flexibility index (Phi) is 4.05. The molecule has 0 saturated heterocycles. The van der Waals surface area contributed by atoms with E-state index in [1.165, 1.54) is 0 Å². The van der Waals surface area contributed by atoms with Crippen molar-refractivity contribution in [3.05, 3.63) is 23.9 Å². The van der Waals surface area contributed by atoms with Crippen molar-refractivity contribution in [2.45, 2.75) is 6.92 Å². The summed E-state index contributed by atoms with van der Waals surface area (Å²) >= 11 is 4.17. The maximum Gasteiger partial charge on any atom is 0.129 e. The number of hydrogen-bond acceptors (Lipinski definition) is 4. The van der Waals surface area contributed by atoms with E-state index < -0.39 is 0 Å². The van der Waals surface area contributed by atoms with Gasteiger partial charge in [-0.1, -0.05) is 0 Å². The van der Waals surface area contributed by atoms with Gasteiger partial charge in [-0.25, -0.2) is 4.98 Å². The number of nitrogens with zero attached hydrogens (tertiary/aromatic N) is 2. The van der Waals surface area contributed by atoms with E-state index >= 15 is 0 Å². The van der Waals surface area contributed by atoms with Crippen molar-refractivity contribution in [2.75, 3.05) is 23.9 Å². The molecule has 0 saturated carbocycles. The molecular weight excluding hydrogens is 184 g/mol.